The average molecular weight is 301 g/mol. The lowest BCUT2D eigenvalue weighted by Crippen LogP contribution is -1.91. The summed E-state index contributed by atoms with van der Waals surface area (Å²) in [6.07, 6.45) is 16.3. The maximum Gasteiger partial charge on any atom is -0.0198 e. The van der Waals surface area contributed by atoms with Crippen molar-refractivity contribution in [2.24, 2.45) is 0 Å². The Kier molecular flexibility index (Phi) is 10.8. The van der Waals surface area contributed by atoms with E-state index < -0.39 is 0 Å². The highest BCUT2D eigenvalue weighted by Crippen LogP contribution is 2.23. The van der Waals surface area contributed by atoms with E-state index in [-0.39, 0.29) is 0 Å². The molecule has 0 nitrogen and oxygen atoms in total. The summed E-state index contributed by atoms with van der Waals surface area (Å²) in [5.74, 6) is 0. The number of hydrogen-bond donors (Lipinski definition) is 0. The van der Waals surface area contributed by atoms with Gasteiger partial charge in [0, 0.05) is 0 Å². The predicted molar refractivity (Wildman–Crippen MR) is 101 cm³/mol. The van der Waals surface area contributed by atoms with Gasteiger partial charge in [0.05, 0.1) is 0 Å². The molecule has 0 fully saturated rings. The molecular formula is C22H36. The lowest BCUT2D eigenvalue weighted by atomic mass is 9.95. The highest BCUT2D eigenvalue weighted by atomic mass is 14.1. The Morgan fingerprint density at radius 1 is 0.773 bits per heavy atom. The van der Waals surface area contributed by atoms with E-state index in [1.54, 1.807) is 0 Å². The van der Waals surface area contributed by atoms with Crippen molar-refractivity contribution in [3.63, 3.8) is 0 Å². The Hall–Kier alpha value is -1.04. The van der Waals surface area contributed by atoms with Gasteiger partial charge in [-0.2, -0.15) is 0 Å². The summed E-state index contributed by atoms with van der Waals surface area (Å²) < 4.78 is 0. The standard InChI is InChI=1S/C22H36/c1-4-6-7-8-9-10-11-12-13-14-17-20(3)22-19-16-15-18-21(22)5-2/h15-16,18-19H,3-14,17H2,1-2H3. The molecule has 0 bridgehead atoms. The highest BCUT2D eigenvalue weighted by molar-refractivity contribution is 5.66. The normalized spacial score (nSPS) is 10.8. The molecule has 0 atom stereocenters. The van der Waals surface area contributed by atoms with Crippen LogP contribution in [0.15, 0.2) is 30.8 Å². The molecule has 0 radical (unpaired) electrons. The van der Waals surface area contributed by atoms with Crippen LogP contribution < -0.4 is 0 Å². The highest BCUT2D eigenvalue weighted by Gasteiger charge is 2.03. The van der Waals surface area contributed by atoms with Crippen LogP contribution in [0.3, 0.4) is 0 Å². The van der Waals surface area contributed by atoms with Gasteiger partial charge < -0.3 is 0 Å². The molecule has 1 rings (SSSR count). The second kappa shape index (κ2) is 12.5. The first-order chi connectivity index (χ1) is 10.8. The predicted octanol–water partition coefficient (Wildman–Crippen LogP) is 7.57. The number of aryl methyl sites for hydroxylation is 1. The Balaban J connectivity index is 2.06. The number of allylic oxidation sites excluding steroid dienone is 1. The molecule has 0 spiro atoms. The van der Waals surface area contributed by atoms with Gasteiger partial charge in [0.25, 0.3) is 0 Å². The third-order valence-electron chi connectivity index (χ3n) is 4.61. The molecule has 1 aromatic carbocycles. The summed E-state index contributed by atoms with van der Waals surface area (Å²) in [5.41, 5.74) is 4.16. The molecule has 0 heterocycles. The van der Waals surface area contributed by atoms with Gasteiger partial charge in [-0.1, -0.05) is 102 Å². The number of unbranched alkanes of at least 4 members (excludes halogenated alkanes) is 9. The van der Waals surface area contributed by atoms with E-state index in [0.717, 1.165) is 12.8 Å². The van der Waals surface area contributed by atoms with Crippen molar-refractivity contribution in [2.75, 3.05) is 0 Å². The van der Waals surface area contributed by atoms with Crippen LogP contribution in [0.1, 0.15) is 95.6 Å². The van der Waals surface area contributed by atoms with Crippen LogP contribution in [0.2, 0.25) is 0 Å². The van der Waals surface area contributed by atoms with Crippen LogP contribution in [0, 0.1) is 0 Å². The molecule has 0 saturated carbocycles. The molecule has 0 aliphatic carbocycles. The van der Waals surface area contributed by atoms with Crippen molar-refractivity contribution < 1.29 is 0 Å². The van der Waals surface area contributed by atoms with Gasteiger partial charge in [0.1, 0.15) is 0 Å². The Bertz CT molecular complexity index is 402. The molecule has 124 valence electrons. The second-order valence-electron chi connectivity index (χ2n) is 6.55. The fraction of sp³-hybridized carbons (Fsp3) is 0.636. The van der Waals surface area contributed by atoms with E-state index in [4.69, 9.17) is 0 Å². The summed E-state index contributed by atoms with van der Waals surface area (Å²) >= 11 is 0. The molecule has 0 heteroatoms. The summed E-state index contributed by atoms with van der Waals surface area (Å²) in [7, 11) is 0. The van der Waals surface area contributed by atoms with Crippen molar-refractivity contribution in [3.8, 4) is 0 Å². The van der Waals surface area contributed by atoms with Gasteiger partial charge >= 0.3 is 0 Å². The van der Waals surface area contributed by atoms with Crippen molar-refractivity contribution in [1.82, 2.24) is 0 Å². The first-order valence-electron chi connectivity index (χ1n) is 9.55. The van der Waals surface area contributed by atoms with Gasteiger partial charge in [-0.15, -0.1) is 0 Å². The number of benzene rings is 1. The molecular weight excluding hydrogens is 264 g/mol. The van der Waals surface area contributed by atoms with Crippen LogP contribution in [0.25, 0.3) is 5.57 Å². The molecule has 22 heavy (non-hydrogen) atoms. The smallest absolute Gasteiger partial charge is 0.0198 e. The quantitative estimate of drug-likeness (QED) is 0.329. The zero-order chi connectivity index (χ0) is 16.0. The Morgan fingerprint density at radius 2 is 1.32 bits per heavy atom. The van der Waals surface area contributed by atoms with Gasteiger partial charge in [0.15, 0.2) is 0 Å². The Labute approximate surface area is 139 Å². The molecule has 0 N–H and O–H groups in total. The van der Waals surface area contributed by atoms with Crippen molar-refractivity contribution >= 4 is 5.57 Å². The molecule has 0 aromatic heterocycles. The van der Waals surface area contributed by atoms with E-state index in [1.807, 2.05) is 0 Å². The minimum Gasteiger partial charge on any atom is -0.0952 e. The average Bonchev–Trinajstić information content (AvgIpc) is 2.56. The minimum atomic E-state index is 1.10. The molecule has 0 amide bonds. The van der Waals surface area contributed by atoms with Crippen LogP contribution in [0.5, 0.6) is 0 Å². The Morgan fingerprint density at radius 3 is 1.91 bits per heavy atom. The molecule has 0 unspecified atom stereocenters. The van der Waals surface area contributed by atoms with Gasteiger partial charge in [-0.3, -0.25) is 0 Å². The fourth-order valence-electron chi connectivity index (χ4n) is 3.13. The second-order valence-corrected chi connectivity index (χ2v) is 6.55. The maximum absolute atomic E-state index is 4.31. The number of hydrogen-bond acceptors (Lipinski definition) is 0. The molecule has 0 aliphatic heterocycles. The third kappa shape index (κ3) is 7.82. The lowest BCUT2D eigenvalue weighted by molar-refractivity contribution is 0.558. The van der Waals surface area contributed by atoms with Gasteiger partial charge in [0.2, 0.25) is 0 Å². The summed E-state index contributed by atoms with van der Waals surface area (Å²) in [6.45, 7) is 8.82. The van der Waals surface area contributed by atoms with Crippen LogP contribution in [-0.4, -0.2) is 0 Å². The van der Waals surface area contributed by atoms with Crippen LogP contribution >= 0.6 is 0 Å². The molecule has 1 aromatic rings. The minimum absolute atomic E-state index is 1.10. The summed E-state index contributed by atoms with van der Waals surface area (Å²) in [6, 6.07) is 8.74. The third-order valence-corrected chi connectivity index (χ3v) is 4.61. The van der Waals surface area contributed by atoms with E-state index in [2.05, 4.69) is 44.7 Å². The topological polar surface area (TPSA) is 0 Å². The van der Waals surface area contributed by atoms with E-state index >= 15 is 0 Å². The first kappa shape index (κ1) is 19.0. The van der Waals surface area contributed by atoms with E-state index in [9.17, 15) is 0 Å². The van der Waals surface area contributed by atoms with Crippen molar-refractivity contribution in [1.29, 1.82) is 0 Å². The van der Waals surface area contributed by atoms with E-state index in [0.29, 0.717) is 0 Å². The molecule has 0 aliphatic rings. The zero-order valence-corrected chi connectivity index (χ0v) is 15.0. The number of rotatable bonds is 13. The largest absolute Gasteiger partial charge is 0.0952 e. The monoisotopic (exact) mass is 300 g/mol. The van der Waals surface area contributed by atoms with Crippen molar-refractivity contribution in [3.05, 3.63) is 42.0 Å². The fourth-order valence-corrected chi connectivity index (χ4v) is 3.13. The zero-order valence-electron chi connectivity index (χ0n) is 15.0. The van der Waals surface area contributed by atoms with Gasteiger partial charge in [-0.25, -0.2) is 0 Å². The lowest BCUT2D eigenvalue weighted by Gasteiger charge is -2.10. The maximum atomic E-state index is 4.31. The van der Waals surface area contributed by atoms with Gasteiger partial charge in [-0.05, 0) is 36.0 Å². The summed E-state index contributed by atoms with van der Waals surface area (Å²) in [5, 5.41) is 0. The van der Waals surface area contributed by atoms with E-state index in [1.165, 1.54) is 80.9 Å². The van der Waals surface area contributed by atoms with Crippen molar-refractivity contribution in [2.45, 2.75) is 90.9 Å². The van der Waals surface area contributed by atoms with Crippen LogP contribution in [0.4, 0.5) is 0 Å². The first-order valence-corrected chi connectivity index (χ1v) is 9.55. The molecule has 0 saturated heterocycles. The van der Waals surface area contributed by atoms with Crippen LogP contribution in [-0.2, 0) is 6.42 Å². The summed E-state index contributed by atoms with van der Waals surface area (Å²) in [4.78, 5) is 0. The SMILES string of the molecule is C=C(CCCCCCCCCCCC)c1ccccc1CC.